The van der Waals surface area contributed by atoms with Crippen LogP contribution in [-0.4, -0.2) is 63.6 Å². The van der Waals surface area contributed by atoms with Crippen LogP contribution in [0.2, 0.25) is 0 Å². The average Bonchev–Trinajstić information content (AvgIpc) is 3.36. The van der Waals surface area contributed by atoms with Gasteiger partial charge in [-0.3, -0.25) is 9.69 Å². The minimum absolute atomic E-state index is 0.242. The van der Waals surface area contributed by atoms with Crippen molar-refractivity contribution < 1.29 is 14.3 Å². The number of carbonyl (C=O) groups is 2. The van der Waals surface area contributed by atoms with Crippen molar-refractivity contribution in [1.82, 2.24) is 25.2 Å². The number of nitrogens with zero attached hydrogens (tertiary/aromatic N) is 4. The molecule has 3 aromatic rings. The molecule has 0 fully saturated rings. The van der Waals surface area contributed by atoms with E-state index in [-0.39, 0.29) is 5.91 Å². The van der Waals surface area contributed by atoms with Gasteiger partial charge in [0.15, 0.2) is 0 Å². The van der Waals surface area contributed by atoms with Crippen molar-refractivity contribution in [3.8, 4) is 11.8 Å². The van der Waals surface area contributed by atoms with Crippen LogP contribution in [0.5, 0.6) is 0 Å². The molecular formula is C28H37N7O3S. The number of aromatic nitrogens is 3. The van der Waals surface area contributed by atoms with Gasteiger partial charge in [0.2, 0.25) is 11.9 Å². The molecule has 0 saturated heterocycles. The minimum Gasteiger partial charge on any atom is -0.444 e. The van der Waals surface area contributed by atoms with Crippen LogP contribution < -0.4 is 16.0 Å². The van der Waals surface area contributed by atoms with Crippen LogP contribution in [-0.2, 0) is 9.53 Å². The van der Waals surface area contributed by atoms with E-state index < -0.39 is 17.7 Å². The van der Waals surface area contributed by atoms with Crippen molar-refractivity contribution >= 4 is 51.0 Å². The monoisotopic (exact) mass is 551 g/mol. The molecule has 0 aliphatic rings. The lowest BCUT2D eigenvalue weighted by Gasteiger charge is -2.28. The van der Waals surface area contributed by atoms with Crippen molar-refractivity contribution in [1.29, 1.82) is 0 Å². The highest BCUT2D eigenvalue weighted by Crippen LogP contribution is 2.24. The maximum Gasteiger partial charge on any atom is 0.410 e. The first-order valence-electron chi connectivity index (χ1n) is 13.0. The first kappa shape index (κ1) is 29.6. The van der Waals surface area contributed by atoms with Gasteiger partial charge in [0, 0.05) is 32.2 Å². The van der Waals surface area contributed by atoms with Crippen molar-refractivity contribution in [3.05, 3.63) is 35.5 Å². The second-order valence-corrected chi connectivity index (χ2v) is 10.9. The van der Waals surface area contributed by atoms with Gasteiger partial charge < -0.3 is 20.7 Å². The fourth-order valence-corrected chi connectivity index (χ4v) is 4.05. The Hall–Kier alpha value is -3.91. The summed E-state index contributed by atoms with van der Waals surface area (Å²) in [4.78, 5) is 39.3. The topological polar surface area (TPSA) is 121 Å². The van der Waals surface area contributed by atoms with E-state index in [0.29, 0.717) is 36.7 Å². The Morgan fingerprint density at radius 2 is 2.00 bits per heavy atom. The predicted molar refractivity (Wildman–Crippen MR) is 156 cm³/mol. The van der Waals surface area contributed by atoms with Gasteiger partial charge in [0.25, 0.3) is 0 Å². The number of ether oxygens (including phenoxy) is 1. The summed E-state index contributed by atoms with van der Waals surface area (Å²) in [6.45, 7) is 10.3. The molecule has 1 atom stereocenters. The maximum absolute atomic E-state index is 12.4. The summed E-state index contributed by atoms with van der Waals surface area (Å²) in [6, 6.07) is 5.30. The molecule has 0 bridgehead atoms. The van der Waals surface area contributed by atoms with Crippen molar-refractivity contribution in [2.75, 3.05) is 30.8 Å². The molecule has 208 valence electrons. The molecule has 0 saturated carbocycles. The number of anilines is 3. The van der Waals surface area contributed by atoms with Crippen molar-refractivity contribution in [2.24, 2.45) is 0 Å². The van der Waals surface area contributed by atoms with Crippen LogP contribution >= 0.6 is 11.3 Å². The molecule has 3 rings (SSSR count). The Bertz CT molecular complexity index is 1340. The molecule has 1 aromatic carbocycles. The molecule has 10 nitrogen and oxygen atoms in total. The Labute approximate surface area is 234 Å². The third kappa shape index (κ3) is 9.11. The van der Waals surface area contributed by atoms with Crippen LogP contribution in [0.1, 0.15) is 59.4 Å². The number of hydrogen-bond acceptors (Lipinski definition) is 9. The van der Waals surface area contributed by atoms with Gasteiger partial charge >= 0.3 is 6.09 Å². The molecule has 0 aliphatic heterocycles. The molecule has 2 aromatic heterocycles. The van der Waals surface area contributed by atoms with Gasteiger partial charge in [-0.15, -0.1) is 11.3 Å². The lowest BCUT2D eigenvalue weighted by Crippen LogP contribution is -2.47. The van der Waals surface area contributed by atoms with Crippen LogP contribution in [0.15, 0.2) is 29.9 Å². The van der Waals surface area contributed by atoms with E-state index in [1.165, 1.54) is 4.90 Å². The molecule has 2 amide bonds. The van der Waals surface area contributed by atoms with Crippen LogP contribution in [0.25, 0.3) is 10.2 Å². The summed E-state index contributed by atoms with van der Waals surface area (Å²) < 4.78 is 6.41. The molecular weight excluding hydrogens is 514 g/mol. The first-order valence-corrected chi connectivity index (χ1v) is 13.9. The predicted octanol–water partition coefficient (Wildman–Crippen LogP) is 5.16. The number of likely N-dealkylation sites (N-methyl/N-ethyl adjacent to an activating group) is 1. The number of rotatable bonds is 10. The first-order chi connectivity index (χ1) is 18.6. The standard InChI is InChI=1S/C28H37N7O3S/c1-7-14-29-24-20(17-31-26(34-24)33-21-12-13-22-23(16-21)39-18-32-22)11-9-8-10-15-30-25(36)19(2)35(6)27(37)38-28(3,4)5/h12-13,16-19H,7-8,10,14-15H2,1-6H3,(H,30,36)(H2,29,31,33,34)/t19-/m0/s1. The second-order valence-electron chi connectivity index (χ2n) is 10.0. The number of thiazole rings is 1. The third-order valence-corrected chi connectivity index (χ3v) is 6.35. The smallest absolute Gasteiger partial charge is 0.410 e. The highest BCUT2D eigenvalue weighted by molar-refractivity contribution is 7.16. The lowest BCUT2D eigenvalue weighted by atomic mass is 10.2. The summed E-state index contributed by atoms with van der Waals surface area (Å²) in [5.41, 5.74) is 3.77. The van der Waals surface area contributed by atoms with Gasteiger partial charge in [0.1, 0.15) is 17.5 Å². The largest absolute Gasteiger partial charge is 0.444 e. The molecule has 0 aliphatic carbocycles. The normalized spacial score (nSPS) is 11.7. The van der Waals surface area contributed by atoms with Gasteiger partial charge in [-0.25, -0.2) is 14.8 Å². The molecule has 2 heterocycles. The van der Waals surface area contributed by atoms with E-state index >= 15 is 0 Å². The highest BCUT2D eigenvalue weighted by Gasteiger charge is 2.26. The van der Waals surface area contributed by atoms with Gasteiger partial charge in [0.05, 0.1) is 27.5 Å². The quantitative estimate of drug-likeness (QED) is 0.234. The molecule has 3 N–H and O–H groups in total. The minimum atomic E-state index is -0.647. The van der Waals surface area contributed by atoms with Gasteiger partial charge in [-0.05, 0) is 58.7 Å². The zero-order valence-corrected chi connectivity index (χ0v) is 24.2. The Morgan fingerprint density at radius 1 is 1.21 bits per heavy atom. The molecule has 11 heteroatoms. The maximum atomic E-state index is 12.4. The van der Waals surface area contributed by atoms with E-state index in [2.05, 4.69) is 49.7 Å². The summed E-state index contributed by atoms with van der Waals surface area (Å²) in [7, 11) is 1.55. The third-order valence-electron chi connectivity index (χ3n) is 5.56. The van der Waals surface area contributed by atoms with E-state index in [4.69, 9.17) is 4.74 Å². The van der Waals surface area contributed by atoms with E-state index in [9.17, 15) is 9.59 Å². The summed E-state index contributed by atoms with van der Waals surface area (Å²) in [5.74, 6) is 7.20. The molecule has 0 spiro atoms. The summed E-state index contributed by atoms with van der Waals surface area (Å²) >= 11 is 1.58. The van der Waals surface area contributed by atoms with Gasteiger partial charge in [-0.1, -0.05) is 18.8 Å². The molecule has 0 radical (unpaired) electrons. The van der Waals surface area contributed by atoms with E-state index in [0.717, 1.165) is 28.9 Å². The number of unbranched alkanes of at least 4 members (excludes halogenated alkanes) is 1. The number of carbonyl (C=O) groups excluding carboxylic acids is 2. The van der Waals surface area contributed by atoms with E-state index in [1.54, 1.807) is 52.3 Å². The number of amides is 2. The van der Waals surface area contributed by atoms with Crippen LogP contribution in [0, 0.1) is 11.8 Å². The Morgan fingerprint density at radius 3 is 2.74 bits per heavy atom. The fraction of sp³-hybridized carbons (Fsp3) is 0.464. The number of benzene rings is 1. The van der Waals surface area contributed by atoms with Crippen LogP contribution in [0.3, 0.4) is 0 Å². The number of hydrogen-bond donors (Lipinski definition) is 3. The lowest BCUT2D eigenvalue weighted by molar-refractivity contribution is -0.125. The zero-order valence-electron chi connectivity index (χ0n) is 23.4. The van der Waals surface area contributed by atoms with Crippen molar-refractivity contribution in [3.63, 3.8) is 0 Å². The number of nitrogens with one attached hydrogen (secondary N) is 3. The molecule has 0 unspecified atom stereocenters. The highest BCUT2D eigenvalue weighted by atomic mass is 32.1. The Kier molecular flexibility index (Phi) is 10.5. The molecule has 39 heavy (non-hydrogen) atoms. The summed E-state index contributed by atoms with van der Waals surface area (Å²) in [5, 5.41) is 9.44. The van der Waals surface area contributed by atoms with E-state index in [1.807, 2.05) is 23.7 Å². The van der Waals surface area contributed by atoms with Crippen molar-refractivity contribution in [2.45, 2.75) is 65.5 Å². The Balaban J connectivity index is 1.52. The number of fused-ring (bicyclic) bond motifs is 1. The zero-order chi connectivity index (χ0) is 28.4. The van der Waals surface area contributed by atoms with Crippen LogP contribution in [0.4, 0.5) is 22.2 Å². The summed E-state index contributed by atoms with van der Waals surface area (Å²) in [6.07, 6.45) is 3.37. The fourth-order valence-electron chi connectivity index (χ4n) is 3.34. The SMILES string of the molecule is CCCNc1nc(Nc2ccc3ncsc3c2)ncc1C#CCCCNC(=O)[C@H](C)N(C)C(=O)OC(C)(C)C. The average molecular weight is 552 g/mol. The second kappa shape index (κ2) is 13.8. The van der Waals surface area contributed by atoms with Gasteiger partial charge in [-0.2, -0.15) is 4.98 Å².